The summed E-state index contributed by atoms with van der Waals surface area (Å²) in [5, 5.41) is 11.0. The quantitative estimate of drug-likeness (QED) is 0.921. The van der Waals surface area contributed by atoms with E-state index < -0.39 is 5.97 Å². The van der Waals surface area contributed by atoms with Crippen molar-refractivity contribution < 1.29 is 9.90 Å². The van der Waals surface area contributed by atoms with Gasteiger partial charge < -0.3 is 5.11 Å². The van der Waals surface area contributed by atoms with Crippen molar-refractivity contribution >= 4 is 17.3 Å². The molecular formula is C14H20N2O2S. The number of thiazole rings is 1. The lowest BCUT2D eigenvalue weighted by atomic mass is 9.96. The van der Waals surface area contributed by atoms with E-state index in [0.717, 1.165) is 24.7 Å². The van der Waals surface area contributed by atoms with Crippen LogP contribution in [-0.2, 0) is 6.54 Å². The number of carbonyl (C=O) groups is 1. The summed E-state index contributed by atoms with van der Waals surface area (Å²) in [6, 6.07) is 0.706. The SMILES string of the molecule is O=C(O)c1nc(CN2CCCC2C2CCCC2)cs1. The summed E-state index contributed by atoms with van der Waals surface area (Å²) in [6.45, 7) is 1.96. The highest BCUT2D eigenvalue weighted by molar-refractivity contribution is 7.11. The van der Waals surface area contributed by atoms with Crippen LogP contribution in [0, 0.1) is 5.92 Å². The highest BCUT2D eigenvalue weighted by atomic mass is 32.1. The third-order valence-electron chi connectivity index (χ3n) is 4.46. The van der Waals surface area contributed by atoms with Crippen molar-refractivity contribution in [3.05, 3.63) is 16.1 Å². The van der Waals surface area contributed by atoms with Gasteiger partial charge >= 0.3 is 5.97 Å². The summed E-state index contributed by atoms with van der Waals surface area (Å²) in [6.07, 6.45) is 8.10. The Morgan fingerprint density at radius 1 is 1.37 bits per heavy atom. The number of aromatic nitrogens is 1. The molecule has 1 aliphatic heterocycles. The van der Waals surface area contributed by atoms with Crippen molar-refractivity contribution in [2.75, 3.05) is 6.54 Å². The van der Waals surface area contributed by atoms with Crippen LogP contribution in [0.15, 0.2) is 5.38 Å². The number of carboxylic acid groups (broad SMARTS) is 1. The minimum atomic E-state index is -0.912. The Morgan fingerprint density at radius 3 is 2.84 bits per heavy atom. The largest absolute Gasteiger partial charge is 0.476 e. The lowest BCUT2D eigenvalue weighted by Crippen LogP contribution is -2.34. The number of nitrogens with zero attached hydrogens (tertiary/aromatic N) is 2. The van der Waals surface area contributed by atoms with Crippen molar-refractivity contribution in [1.82, 2.24) is 9.88 Å². The second-order valence-corrected chi connectivity index (χ2v) is 6.53. The number of hydrogen-bond acceptors (Lipinski definition) is 4. The summed E-state index contributed by atoms with van der Waals surface area (Å²) >= 11 is 1.24. The molecule has 1 unspecified atom stereocenters. The van der Waals surface area contributed by atoms with Crippen LogP contribution >= 0.6 is 11.3 Å². The molecule has 0 amide bonds. The molecule has 0 aromatic carbocycles. The summed E-state index contributed by atoms with van der Waals surface area (Å²) < 4.78 is 0. The first kappa shape index (κ1) is 13.1. The third kappa shape index (κ3) is 2.82. The highest BCUT2D eigenvalue weighted by Crippen LogP contribution is 2.36. The Morgan fingerprint density at radius 2 is 2.16 bits per heavy atom. The lowest BCUT2D eigenvalue weighted by molar-refractivity contribution is 0.0696. The smallest absolute Gasteiger partial charge is 0.365 e. The molecule has 1 aliphatic carbocycles. The Balaban J connectivity index is 1.65. The van der Waals surface area contributed by atoms with Crippen LogP contribution < -0.4 is 0 Å². The van der Waals surface area contributed by atoms with Crippen molar-refractivity contribution in [2.45, 2.75) is 51.1 Å². The van der Waals surface area contributed by atoms with E-state index in [9.17, 15) is 4.79 Å². The van der Waals surface area contributed by atoms with Gasteiger partial charge in [0.25, 0.3) is 0 Å². The van der Waals surface area contributed by atoms with Gasteiger partial charge in [0.15, 0.2) is 0 Å². The third-order valence-corrected chi connectivity index (χ3v) is 5.34. The average Bonchev–Trinajstić information content (AvgIpc) is 3.09. The van der Waals surface area contributed by atoms with E-state index in [-0.39, 0.29) is 5.01 Å². The zero-order valence-electron chi connectivity index (χ0n) is 11.0. The van der Waals surface area contributed by atoms with Crippen LogP contribution in [0.5, 0.6) is 0 Å². The van der Waals surface area contributed by atoms with E-state index in [1.807, 2.05) is 5.38 Å². The van der Waals surface area contributed by atoms with Gasteiger partial charge in [0, 0.05) is 18.0 Å². The van der Waals surface area contributed by atoms with Gasteiger partial charge in [0.1, 0.15) is 0 Å². The molecule has 2 fully saturated rings. The zero-order valence-corrected chi connectivity index (χ0v) is 11.9. The molecular weight excluding hydrogens is 260 g/mol. The standard InChI is InChI=1S/C14H20N2O2S/c17-14(18)13-15-11(9-19-13)8-16-7-3-6-12(16)10-4-1-2-5-10/h9-10,12H,1-8H2,(H,17,18). The van der Waals surface area contributed by atoms with Gasteiger partial charge in [-0.2, -0.15) is 0 Å². The minimum absolute atomic E-state index is 0.214. The number of carboxylic acids is 1. The number of hydrogen-bond donors (Lipinski definition) is 1. The lowest BCUT2D eigenvalue weighted by Gasteiger charge is -2.28. The topological polar surface area (TPSA) is 53.4 Å². The van der Waals surface area contributed by atoms with E-state index in [0.29, 0.717) is 6.04 Å². The molecule has 0 bridgehead atoms. The van der Waals surface area contributed by atoms with Crippen LogP contribution in [0.25, 0.3) is 0 Å². The monoisotopic (exact) mass is 280 g/mol. The van der Waals surface area contributed by atoms with Gasteiger partial charge in [-0.25, -0.2) is 9.78 Å². The van der Waals surface area contributed by atoms with E-state index in [4.69, 9.17) is 5.11 Å². The Hall–Kier alpha value is -0.940. The molecule has 0 radical (unpaired) electrons. The first-order valence-electron chi connectivity index (χ1n) is 7.16. The summed E-state index contributed by atoms with van der Waals surface area (Å²) in [5.41, 5.74) is 0.923. The van der Waals surface area contributed by atoms with Crippen LogP contribution in [0.4, 0.5) is 0 Å². The first-order chi connectivity index (χ1) is 9.24. The fourth-order valence-electron chi connectivity index (χ4n) is 3.61. The van der Waals surface area contributed by atoms with Crippen molar-refractivity contribution in [3.8, 4) is 0 Å². The second-order valence-electron chi connectivity index (χ2n) is 5.67. The Bertz CT molecular complexity index is 454. The molecule has 104 valence electrons. The predicted molar refractivity (Wildman–Crippen MR) is 74.5 cm³/mol. The molecule has 19 heavy (non-hydrogen) atoms. The Kier molecular flexibility index (Phi) is 3.84. The molecule has 4 nitrogen and oxygen atoms in total. The van der Waals surface area contributed by atoms with Gasteiger partial charge in [0.2, 0.25) is 5.01 Å². The van der Waals surface area contributed by atoms with E-state index in [1.54, 1.807) is 0 Å². The van der Waals surface area contributed by atoms with Crippen molar-refractivity contribution in [3.63, 3.8) is 0 Å². The fraction of sp³-hybridized carbons (Fsp3) is 0.714. The van der Waals surface area contributed by atoms with Gasteiger partial charge in [0.05, 0.1) is 5.69 Å². The molecule has 5 heteroatoms. The molecule has 1 aromatic heterocycles. The van der Waals surface area contributed by atoms with Crippen LogP contribution in [0.2, 0.25) is 0 Å². The molecule has 2 heterocycles. The maximum absolute atomic E-state index is 10.9. The average molecular weight is 280 g/mol. The van der Waals surface area contributed by atoms with Gasteiger partial charge in [-0.1, -0.05) is 12.8 Å². The van der Waals surface area contributed by atoms with Crippen molar-refractivity contribution in [2.24, 2.45) is 5.92 Å². The highest BCUT2D eigenvalue weighted by Gasteiger charge is 2.33. The fourth-order valence-corrected chi connectivity index (χ4v) is 4.26. The first-order valence-corrected chi connectivity index (χ1v) is 8.04. The molecule has 1 saturated heterocycles. The number of aromatic carboxylic acids is 1. The van der Waals surface area contributed by atoms with Gasteiger partial charge in [-0.3, -0.25) is 4.90 Å². The van der Waals surface area contributed by atoms with E-state index >= 15 is 0 Å². The maximum atomic E-state index is 10.9. The van der Waals surface area contributed by atoms with Crippen LogP contribution in [0.3, 0.4) is 0 Å². The molecule has 2 aliphatic rings. The van der Waals surface area contributed by atoms with Gasteiger partial charge in [-0.15, -0.1) is 11.3 Å². The summed E-state index contributed by atoms with van der Waals surface area (Å²) in [5.74, 6) is -0.0508. The molecule has 0 spiro atoms. The molecule has 3 rings (SSSR count). The molecule has 1 aromatic rings. The minimum Gasteiger partial charge on any atom is -0.476 e. The number of rotatable bonds is 4. The summed E-state index contributed by atoms with van der Waals surface area (Å²) in [7, 11) is 0. The van der Waals surface area contributed by atoms with E-state index in [2.05, 4.69) is 9.88 Å². The normalized spacial score (nSPS) is 25.2. The van der Waals surface area contributed by atoms with Gasteiger partial charge in [-0.05, 0) is 38.1 Å². The molecule has 1 atom stereocenters. The molecule has 1 saturated carbocycles. The second kappa shape index (κ2) is 5.59. The van der Waals surface area contributed by atoms with E-state index in [1.165, 1.54) is 49.9 Å². The Labute approximate surface area is 117 Å². The molecule has 1 N–H and O–H groups in total. The summed E-state index contributed by atoms with van der Waals surface area (Å²) in [4.78, 5) is 17.6. The van der Waals surface area contributed by atoms with Crippen LogP contribution in [0.1, 0.15) is 54.0 Å². The number of likely N-dealkylation sites (tertiary alicyclic amines) is 1. The maximum Gasteiger partial charge on any atom is 0.365 e. The predicted octanol–water partition coefficient (Wildman–Crippen LogP) is 3.00. The van der Waals surface area contributed by atoms with Crippen LogP contribution in [-0.4, -0.2) is 33.5 Å². The zero-order chi connectivity index (χ0) is 13.2. The van der Waals surface area contributed by atoms with Crippen molar-refractivity contribution in [1.29, 1.82) is 0 Å².